The molecule has 0 atom stereocenters. The molecule has 0 bridgehead atoms. The molecular formula is C12H21N3O. The highest BCUT2D eigenvalue weighted by atomic mass is 16.5. The van der Waals surface area contributed by atoms with E-state index in [2.05, 4.69) is 10.1 Å². The Hall–Kier alpha value is -0.900. The quantitative estimate of drug-likeness (QED) is 0.802. The van der Waals surface area contributed by atoms with Crippen molar-refractivity contribution in [3.8, 4) is 0 Å². The molecule has 1 aromatic rings. The van der Waals surface area contributed by atoms with E-state index in [0.717, 1.165) is 36.9 Å². The predicted molar refractivity (Wildman–Crippen MR) is 62.0 cm³/mol. The van der Waals surface area contributed by atoms with E-state index in [1.165, 1.54) is 32.1 Å². The number of nitrogens with zero attached hydrogens (tertiary/aromatic N) is 2. The summed E-state index contributed by atoms with van der Waals surface area (Å²) in [7, 11) is 0. The van der Waals surface area contributed by atoms with Gasteiger partial charge in [-0.05, 0) is 25.3 Å². The summed E-state index contributed by atoms with van der Waals surface area (Å²) in [6.45, 7) is 0.686. The summed E-state index contributed by atoms with van der Waals surface area (Å²) in [5, 5.41) is 3.96. The molecule has 1 aromatic heterocycles. The second-order valence-corrected chi connectivity index (χ2v) is 4.69. The van der Waals surface area contributed by atoms with Crippen molar-refractivity contribution in [2.75, 3.05) is 6.54 Å². The van der Waals surface area contributed by atoms with E-state index in [9.17, 15) is 0 Å². The van der Waals surface area contributed by atoms with Gasteiger partial charge >= 0.3 is 0 Å². The minimum atomic E-state index is 0.686. The molecule has 2 rings (SSSR count). The zero-order valence-corrected chi connectivity index (χ0v) is 9.82. The highest BCUT2D eigenvalue weighted by Gasteiger charge is 2.16. The molecule has 4 nitrogen and oxygen atoms in total. The van der Waals surface area contributed by atoms with E-state index in [1.807, 2.05) is 0 Å². The molecule has 0 saturated heterocycles. The van der Waals surface area contributed by atoms with Gasteiger partial charge in [0.2, 0.25) is 5.89 Å². The number of aromatic nitrogens is 2. The molecule has 90 valence electrons. The number of hydrogen-bond donors (Lipinski definition) is 1. The van der Waals surface area contributed by atoms with Crippen LogP contribution in [0.5, 0.6) is 0 Å². The molecule has 1 fully saturated rings. The van der Waals surface area contributed by atoms with Crippen LogP contribution in [0.4, 0.5) is 0 Å². The Labute approximate surface area is 96.6 Å². The Balaban J connectivity index is 1.73. The lowest BCUT2D eigenvalue weighted by molar-refractivity contribution is 0.357. The number of aryl methyl sites for hydroxylation is 2. The predicted octanol–water partition coefficient (Wildman–Crippen LogP) is 2.08. The van der Waals surface area contributed by atoms with Crippen molar-refractivity contribution in [2.45, 2.75) is 51.4 Å². The van der Waals surface area contributed by atoms with Crippen molar-refractivity contribution in [2.24, 2.45) is 11.7 Å². The van der Waals surface area contributed by atoms with Gasteiger partial charge in [0.15, 0.2) is 5.82 Å². The van der Waals surface area contributed by atoms with Gasteiger partial charge in [-0.15, -0.1) is 0 Å². The van der Waals surface area contributed by atoms with Crippen LogP contribution >= 0.6 is 0 Å². The molecule has 0 aromatic carbocycles. The number of hydrogen-bond acceptors (Lipinski definition) is 4. The van der Waals surface area contributed by atoms with E-state index < -0.39 is 0 Å². The zero-order valence-electron chi connectivity index (χ0n) is 9.82. The Morgan fingerprint density at radius 1 is 1.25 bits per heavy atom. The monoisotopic (exact) mass is 223 g/mol. The highest BCUT2D eigenvalue weighted by Crippen LogP contribution is 2.28. The second kappa shape index (κ2) is 5.99. The van der Waals surface area contributed by atoms with Gasteiger partial charge < -0.3 is 10.3 Å². The first-order chi connectivity index (χ1) is 7.88. The summed E-state index contributed by atoms with van der Waals surface area (Å²) in [5.74, 6) is 2.50. The average Bonchev–Trinajstić information content (AvgIpc) is 2.95. The lowest BCUT2D eigenvalue weighted by Crippen LogP contribution is -2.01. The summed E-state index contributed by atoms with van der Waals surface area (Å²) >= 11 is 0. The van der Waals surface area contributed by atoms with E-state index >= 15 is 0 Å². The molecule has 0 radical (unpaired) electrons. The summed E-state index contributed by atoms with van der Waals surface area (Å²) in [5.41, 5.74) is 5.44. The first kappa shape index (κ1) is 11.6. The van der Waals surface area contributed by atoms with Crippen LogP contribution in [0.3, 0.4) is 0 Å². The average molecular weight is 223 g/mol. The SMILES string of the molecule is NCCCc1noc(CCC2CCCC2)n1. The van der Waals surface area contributed by atoms with Crippen LogP contribution in [-0.2, 0) is 12.8 Å². The van der Waals surface area contributed by atoms with Crippen LogP contribution in [-0.4, -0.2) is 16.7 Å². The maximum Gasteiger partial charge on any atom is 0.226 e. The van der Waals surface area contributed by atoms with Gasteiger partial charge in [0, 0.05) is 12.8 Å². The highest BCUT2D eigenvalue weighted by molar-refractivity contribution is 4.87. The van der Waals surface area contributed by atoms with Crippen LogP contribution < -0.4 is 5.73 Å². The van der Waals surface area contributed by atoms with Crippen molar-refractivity contribution in [1.29, 1.82) is 0 Å². The summed E-state index contributed by atoms with van der Waals surface area (Å²) in [6.07, 6.45) is 9.48. The topological polar surface area (TPSA) is 64.9 Å². The summed E-state index contributed by atoms with van der Waals surface area (Å²) in [4.78, 5) is 4.38. The Morgan fingerprint density at radius 2 is 2.06 bits per heavy atom. The molecular weight excluding hydrogens is 202 g/mol. The number of nitrogens with two attached hydrogens (primary N) is 1. The molecule has 16 heavy (non-hydrogen) atoms. The summed E-state index contributed by atoms with van der Waals surface area (Å²) in [6, 6.07) is 0. The molecule has 4 heteroatoms. The molecule has 1 saturated carbocycles. The lowest BCUT2D eigenvalue weighted by Gasteiger charge is -2.04. The van der Waals surface area contributed by atoms with Gasteiger partial charge in [0.1, 0.15) is 0 Å². The second-order valence-electron chi connectivity index (χ2n) is 4.69. The molecule has 0 spiro atoms. The standard InChI is InChI=1S/C12H21N3O/c13-9-3-6-11-14-12(16-15-11)8-7-10-4-1-2-5-10/h10H,1-9,13H2. The molecule has 1 aliphatic rings. The van der Waals surface area contributed by atoms with Crippen LogP contribution in [0.1, 0.15) is 50.2 Å². The normalized spacial score (nSPS) is 17.1. The van der Waals surface area contributed by atoms with Crippen molar-refractivity contribution in [3.05, 3.63) is 11.7 Å². The zero-order chi connectivity index (χ0) is 11.2. The first-order valence-corrected chi connectivity index (χ1v) is 6.40. The fourth-order valence-corrected chi connectivity index (χ4v) is 2.38. The minimum Gasteiger partial charge on any atom is -0.339 e. The van der Waals surface area contributed by atoms with Crippen molar-refractivity contribution in [3.63, 3.8) is 0 Å². The van der Waals surface area contributed by atoms with Crippen LogP contribution in [0, 0.1) is 5.92 Å². The third kappa shape index (κ3) is 3.30. The smallest absolute Gasteiger partial charge is 0.226 e. The van der Waals surface area contributed by atoms with Crippen molar-refractivity contribution in [1.82, 2.24) is 10.1 Å². The van der Waals surface area contributed by atoms with Crippen molar-refractivity contribution < 1.29 is 4.52 Å². The van der Waals surface area contributed by atoms with Gasteiger partial charge in [-0.1, -0.05) is 30.8 Å². The van der Waals surface area contributed by atoms with Crippen molar-refractivity contribution >= 4 is 0 Å². The van der Waals surface area contributed by atoms with Crippen LogP contribution in [0.2, 0.25) is 0 Å². The Morgan fingerprint density at radius 3 is 2.81 bits per heavy atom. The van der Waals surface area contributed by atoms with Crippen LogP contribution in [0.25, 0.3) is 0 Å². The lowest BCUT2D eigenvalue weighted by atomic mass is 10.0. The fourth-order valence-electron chi connectivity index (χ4n) is 2.38. The first-order valence-electron chi connectivity index (χ1n) is 6.40. The van der Waals surface area contributed by atoms with Gasteiger partial charge in [-0.2, -0.15) is 4.98 Å². The minimum absolute atomic E-state index is 0.686. The molecule has 2 N–H and O–H groups in total. The molecule has 0 amide bonds. The largest absolute Gasteiger partial charge is 0.339 e. The van der Waals surface area contributed by atoms with E-state index in [1.54, 1.807) is 0 Å². The molecule has 1 aliphatic carbocycles. The van der Waals surface area contributed by atoms with Crippen LogP contribution in [0.15, 0.2) is 4.52 Å². The summed E-state index contributed by atoms with van der Waals surface area (Å²) < 4.78 is 5.22. The Kier molecular flexibility index (Phi) is 4.34. The maximum absolute atomic E-state index is 5.44. The van der Waals surface area contributed by atoms with E-state index in [0.29, 0.717) is 6.54 Å². The van der Waals surface area contributed by atoms with Gasteiger partial charge in [-0.3, -0.25) is 0 Å². The molecule has 1 heterocycles. The third-order valence-electron chi connectivity index (χ3n) is 3.36. The van der Waals surface area contributed by atoms with Gasteiger partial charge in [0.25, 0.3) is 0 Å². The van der Waals surface area contributed by atoms with E-state index in [4.69, 9.17) is 10.3 Å². The van der Waals surface area contributed by atoms with Gasteiger partial charge in [0.05, 0.1) is 0 Å². The fraction of sp³-hybridized carbons (Fsp3) is 0.833. The maximum atomic E-state index is 5.44. The number of rotatable bonds is 6. The molecule has 0 aliphatic heterocycles. The van der Waals surface area contributed by atoms with E-state index in [-0.39, 0.29) is 0 Å². The third-order valence-corrected chi connectivity index (χ3v) is 3.36. The molecule has 0 unspecified atom stereocenters. The Bertz CT molecular complexity index is 305. The van der Waals surface area contributed by atoms with Gasteiger partial charge in [-0.25, -0.2) is 0 Å².